The number of carbonyl (C=O) groups excluding carboxylic acids is 1. The van der Waals surface area contributed by atoms with Gasteiger partial charge >= 0.3 is 12.1 Å². The third-order valence-corrected chi connectivity index (χ3v) is 2.63. The van der Waals surface area contributed by atoms with Crippen molar-refractivity contribution in [2.45, 2.75) is 66.0 Å². The Kier molecular flexibility index (Phi) is 6.87. The average Bonchev–Trinajstić information content (AvgIpc) is 2.11. The topological polar surface area (TPSA) is 75.6 Å². The Labute approximate surface area is 115 Å². The van der Waals surface area contributed by atoms with Crippen LogP contribution >= 0.6 is 0 Å². The fourth-order valence-corrected chi connectivity index (χ4v) is 1.95. The van der Waals surface area contributed by atoms with Crippen LogP contribution in [-0.2, 0) is 9.53 Å². The van der Waals surface area contributed by atoms with Crippen molar-refractivity contribution in [3.05, 3.63) is 0 Å². The van der Waals surface area contributed by atoms with E-state index in [2.05, 4.69) is 19.2 Å². The lowest BCUT2D eigenvalue weighted by Crippen LogP contribution is -2.43. The molecule has 5 nitrogen and oxygen atoms in total. The van der Waals surface area contributed by atoms with Crippen LogP contribution in [-0.4, -0.2) is 28.8 Å². The number of alkyl carbamates (subject to hydrolysis) is 1. The first-order valence-electron chi connectivity index (χ1n) is 6.72. The summed E-state index contributed by atoms with van der Waals surface area (Å²) in [7, 11) is 0. The summed E-state index contributed by atoms with van der Waals surface area (Å²) >= 11 is 0. The third-order valence-electron chi connectivity index (χ3n) is 2.63. The molecule has 0 fully saturated rings. The standard InChI is InChI=1S/C14H27NO4/c1-9(2)7-10(3)11(8-12(16)17)15-13(18)19-14(4,5)6/h9-11H,7-8H2,1-6H3,(H,15,18)(H,16,17). The predicted octanol–water partition coefficient (Wildman–Crippen LogP) is 3.04. The first-order valence-corrected chi connectivity index (χ1v) is 6.72. The van der Waals surface area contributed by atoms with E-state index in [1.807, 2.05) is 6.92 Å². The SMILES string of the molecule is CC(C)CC(C)C(CC(=O)O)NC(=O)OC(C)(C)C. The molecule has 0 aliphatic carbocycles. The second kappa shape index (κ2) is 7.36. The number of nitrogens with one attached hydrogen (secondary N) is 1. The fraction of sp³-hybridized carbons (Fsp3) is 0.857. The van der Waals surface area contributed by atoms with Gasteiger partial charge in [-0.25, -0.2) is 4.79 Å². The highest BCUT2D eigenvalue weighted by molar-refractivity contribution is 5.71. The lowest BCUT2D eigenvalue weighted by molar-refractivity contribution is -0.137. The Morgan fingerprint density at radius 1 is 1.21 bits per heavy atom. The van der Waals surface area contributed by atoms with E-state index < -0.39 is 23.7 Å². The predicted molar refractivity (Wildman–Crippen MR) is 74.0 cm³/mol. The maximum atomic E-state index is 11.7. The van der Waals surface area contributed by atoms with Crippen LogP contribution in [0.2, 0.25) is 0 Å². The highest BCUT2D eigenvalue weighted by Crippen LogP contribution is 2.18. The monoisotopic (exact) mass is 273 g/mol. The number of carboxylic acid groups (broad SMARTS) is 1. The molecule has 0 saturated heterocycles. The van der Waals surface area contributed by atoms with Crippen molar-refractivity contribution in [3.8, 4) is 0 Å². The molecule has 2 atom stereocenters. The number of ether oxygens (including phenoxy) is 1. The van der Waals surface area contributed by atoms with Gasteiger partial charge in [-0.2, -0.15) is 0 Å². The Morgan fingerprint density at radius 2 is 1.74 bits per heavy atom. The van der Waals surface area contributed by atoms with Gasteiger partial charge < -0.3 is 15.2 Å². The number of hydrogen-bond acceptors (Lipinski definition) is 3. The molecule has 0 aliphatic rings. The molecule has 5 heteroatoms. The minimum atomic E-state index is -0.920. The summed E-state index contributed by atoms with van der Waals surface area (Å²) in [6.07, 6.45) is 0.204. The molecular formula is C14H27NO4. The molecule has 2 unspecified atom stereocenters. The first-order chi connectivity index (χ1) is 8.51. The Morgan fingerprint density at radius 3 is 2.11 bits per heavy atom. The van der Waals surface area contributed by atoms with E-state index in [4.69, 9.17) is 9.84 Å². The molecule has 0 aromatic heterocycles. The summed E-state index contributed by atoms with van der Waals surface area (Å²) in [5.41, 5.74) is -0.584. The maximum Gasteiger partial charge on any atom is 0.407 e. The number of carbonyl (C=O) groups is 2. The molecule has 0 aromatic carbocycles. The molecule has 19 heavy (non-hydrogen) atoms. The van der Waals surface area contributed by atoms with Crippen LogP contribution in [0.4, 0.5) is 4.79 Å². The molecule has 0 heterocycles. The van der Waals surface area contributed by atoms with Crippen LogP contribution in [0.5, 0.6) is 0 Å². The molecule has 0 aliphatic heterocycles. The highest BCUT2D eigenvalue weighted by atomic mass is 16.6. The summed E-state index contributed by atoms with van der Waals surface area (Å²) in [5, 5.41) is 11.6. The number of hydrogen-bond donors (Lipinski definition) is 2. The number of rotatable bonds is 6. The average molecular weight is 273 g/mol. The van der Waals surface area contributed by atoms with Gasteiger partial charge in [-0.15, -0.1) is 0 Å². The molecule has 0 spiro atoms. The van der Waals surface area contributed by atoms with E-state index in [0.29, 0.717) is 5.92 Å². The summed E-state index contributed by atoms with van der Waals surface area (Å²) in [5.74, 6) is -0.382. The van der Waals surface area contributed by atoms with Gasteiger partial charge in [-0.1, -0.05) is 20.8 Å². The molecule has 0 radical (unpaired) electrons. The molecule has 2 N–H and O–H groups in total. The zero-order valence-electron chi connectivity index (χ0n) is 12.8. The third kappa shape index (κ3) is 9.33. The van der Waals surface area contributed by atoms with Crippen molar-refractivity contribution in [2.75, 3.05) is 0 Å². The summed E-state index contributed by atoms with van der Waals surface area (Å²) in [6, 6.07) is -0.408. The molecular weight excluding hydrogens is 246 g/mol. The molecule has 0 saturated carbocycles. The summed E-state index contributed by atoms with van der Waals surface area (Å²) < 4.78 is 5.16. The van der Waals surface area contributed by atoms with E-state index >= 15 is 0 Å². The summed E-state index contributed by atoms with van der Waals surface area (Å²) in [6.45, 7) is 11.4. The molecule has 0 aromatic rings. The van der Waals surface area contributed by atoms with Crippen LogP contribution in [0.1, 0.15) is 54.4 Å². The van der Waals surface area contributed by atoms with Crippen LogP contribution in [0.15, 0.2) is 0 Å². The minimum Gasteiger partial charge on any atom is -0.481 e. The van der Waals surface area contributed by atoms with Crippen molar-refractivity contribution in [1.82, 2.24) is 5.32 Å². The van der Waals surface area contributed by atoms with Crippen molar-refractivity contribution in [2.24, 2.45) is 11.8 Å². The van der Waals surface area contributed by atoms with Crippen LogP contribution < -0.4 is 5.32 Å². The van der Waals surface area contributed by atoms with E-state index in [1.54, 1.807) is 20.8 Å². The van der Waals surface area contributed by atoms with Crippen molar-refractivity contribution in [3.63, 3.8) is 0 Å². The first kappa shape index (κ1) is 17.7. The fourth-order valence-electron chi connectivity index (χ4n) is 1.95. The smallest absolute Gasteiger partial charge is 0.407 e. The number of amides is 1. The lowest BCUT2D eigenvalue weighted by Gasteiger charge is -2.27. The zero-order chi connectivity index (χ0) is 15.2. The molecule has 0 bridgehead atoms. The van der Waals surface area contributed by atoms with Crippen molar-refractivity contribution in [1.29, 1.82) is 0 Å². The second-order valence-electron chi connectivity index (χ2n) is 6.46. The molecule has 112 valence electrons. The van der Waals surface area contributed by atoms with Gasteiger partial charge in [-0.05, 0) is 39.0 Å². The van der Waals surface area contributed by atoms with Gasteiger partial charge in [-0.3, -0.25) is 4.79 Å². The Hall–Kier alpha value is -1.26. The highest BCUT2D eigenvalue weighted by Gasteiger charge is 2.25. The Bertz CT molecular complexity index is 307. The van der Waals surface area contributed by atoms with E-state index in [9.17, 15) is 9.59 Å². The van der Waals surface area contributed by atoms with Crippen LogP contribution in [0.25, 0.3) is 0 Å². The summed E-state index contributed by atoms with van der Waals surface area (Å²) in [4.78, 5) is 22.6. The maximum absolute atomic E-state index is 11.7. The van der Waals surface area contributed by atoms with Crippen LogP contribution in [0.3, 0.4) is 0 Å². The quantitative estimate of drug-likeness (QED) is 0.780. The van der Waals surface area contributed by atoms with E-state index in [0.717, 1.165) is 6.42 Å². The molecule has 0 rings (SSSR count). The van der Waals surface area contributed by atoms with Gasteiger partial charge in [0.15, 0.2) is 0 Å². The van der Waals surface area contributed by atoms with Gasteiger partial charge in [0.2, 0.25) is 0 Å². The van der Waals surface area contributed by atoms with Gasteiger partial charge in [0.05, 0.1) is 6.42 Å². The van der Waals surface area contributed by atoms with Crippen molar-refractivity contribution < 1.29 is 19.4 Å². The minimum absolute atomic E-state index is 0.0867. The molecule has 1 amide bonds. The lowest BCUT2D eigenvalue weighted by atomic mass is 9.90. The Balaban J connectivity index is 4.58. The normalized spacial score (nSPS) is 14.9. The van der Waals surface area contributed by atoms with Gasteiger partial charge in [0, 0.05) is 6.04 Å². The van der Waals surface area contributed by atoms with Gasteiger partial charge in [0.1, 0.15) is 5.60 Å². The van der Waals surface area contributed by atoms with Crippen molar-refractivity contribution >= 4 is 12.1 Å². The number of carboxylic acids is 1. The van der Waals surface area contributed by atoms with Gasteiger partial charge in [0.25, 0.3) is 0 Å². The van der Waals surface area contributed by atoms with E-state index in [-0.39, 0.29) is 12.3 Å². The number of aliphatic carboxylic acids is 1. The van der Waals surface area contributed by atoms with E-state index in [1.165, 1.54) is 0 Å². The largest absolute Gasteiger partial charge is 0.481 e. The second-order valence-corrected chi connectivity index (χ2v) is 6.46. The zero-order valence-corrected chi connectivity index (χ0v) is 12.8. The van der Waals surface area contributed by atoms with Crippen LogP contribution in [0, 0.1) is 11.8 Å².